The van der Waals surface area contributed by atoms with Gasteiger partial charge in [0.25, 0.3) is 0 Å². The van der Waals surface area contributed by atoms with E-state index in [1.165, 1.54) is 6.92 Å². The van der Waals surface area contributed by atoms with Crippen LogP contribution in [0, 0.1) is 5.92 Å². The highest BCUT2D eigenvalue weighted by atomic mass is 16.2. The van der Waals surface area contributed by atoms with Crippen LogP contribution >= 0.6 is 0 Å². The number of Topliss-reactive ketones (excluding diaryl/α,β-unsaturated/α-hetero) is 1. The van der Waals surface area contributed by atoms with Gasteiger partial charge in [0.2, 0.25) is 5.91 Å². The number of carbonyl (C=O) groups is 2. The second-order valence-corrected chi connectivity index (χ2v) is 3.25. The molecule has 1 atom stereocenters. The summed E-state index contributed by atoms with van der Waals surface area (Å²) in [4.78, 5) is 22.1. The Morgan fingerprint density at radius 3 is 2.58 bits per heavy atom. The van der Waals surface area contributed by atoms with Crippen LogP contribution in [0.2, 0.25) is 0 Å². The molecule has 3 heteroatoms. The Bertz CT molecular complexity index is 266. The second-order valence-electron chi connectivity index (χ2n) is 3.25. The van der Waals surface area contributed by atoms with E-state index >= 15 is 0 Å². The van der Waals surface area contributed by atoms with Gasteiger partial charge in [-0.25, -0.2) is 0 Å². The van der Waals surface area contributed by atoms with Gasteiger partial charge < -0.3 is 5.32 Å². The van der Waals surface area contributed by atoms with Crippen LogP contribution in [0.25, 0.3) is 0 Å². The highest BCUT2D eigenvalue weighted by Gasteiger charge is 2.24. The van der Waals surface area contributed by atoms with Gasteiger partial charge in [-0.2, -0.15) is 0 Å². The number of rotatable bonds is 1. The van der Waals surface area contributed by atoms with E-state index in [0.29, 0.717) is 12.1 Å². The lowest BCUT2D eigenvalue weighted by atomic mass is 9.90. The molecule has 0 aromatic carbocycles. The maximum absolute atomic E-state index is 11.1. The second kappa shape index (κ2) is 3.09. The van der Waals surface area contributed by atoms with Crippen molar-refractivity contribution in [2.45, 2.75) is 27.2 Å². The van der Waals surface area contributed by atoms with Crippen molar-refractivity contribution in [3.05, 3.63) is 11.3 Å². The molecule has 0 bridgehead atoms. The molecule has 0 saturated carbocycles. The number of allylic oxidation sites excluding steroid dienone is 2. The average molecular weight is 167 g/mol. The van der Waals surface area contributed by atoms with Crippen molar-refractivity contribution in [3.8, 4) is 0 Å². The summed E-state index contributed by atoms with van der Waals surface area (Å²) in [5, 5.41) is 2.66. The molecule has 66 valence electrons. The van der Waals surface area contributed by atoms with Gasteiger partial charge in [0.15, 0.2) is 5.78 Å². The van der Waals surface area contributed by atoms with Gasteiger partial charge in [0.1, 0.15) is 0 Å². The van der Waals surface area contributed by atoms with Crippen LogP contribution in [-0.4, -0.2) is 11.7 Å². The van der Waals surface area contributed by atoms with E-state index < -0.39 is 0 Å². The van der Waals surface area contributed by atoms with Gasteiger partial charge in [-0.1, -0.05) is 6.92 Å². The summed E-state index contributed by atoms with van der Waals surface area (Å²) in [6.45, 7) is 5.20. The molecule has 1 amide bonds. The predicted octanol–water partition coefficient (Wildman–Crippen LogP) is 1.01. The molecular weight excluding hydrogens is 154 g/mol. The third-order valence-electron chi connectivity index (χ3n) is 2.09. The van der Waals surface area contributed by atoms with E-state index in [9.17, 15) is 9.59 Å². The lowest BCUT2D eigenvalue weighted by molar-refractivity contribution is -0.121. The minimum absolute atomic E-state index is 0.00463. The van der Waals surface area contributed by atoms with Crippen LogP contribution in [0.15, 0.2) is 11.3 Å². The largest absolute Gasteiger partial charge is 0.330 e. The Hall–Kier alpha value is -1.12. The number of hydrogen-bond donors (Lipinski definition) is 1. The maximum atomic E-state index is 11.1. The molecule has 0 spiro atoms. The first-order valence-corrected chi connectivity index (χ1v) is 4.04. The van der Waals surface area contributed by atoms with Gasteiger partial charge in [-0.15, -0.1) is 0 Å². The zero-order chi connectivity index (χ0) is 9.30. The van der Waals surface area contributed by atoms with E-state index in [-0.39, 0.29) is 17.6 Å². The van der Waals surface area contributed by atoms with Gasteiger partial charge in [0, 0.05) is 17.7 Å². The van der Waals surface area contributed by atoms with E-state index in [0.717, 1.165) is 5.57 Å². The monoisotopic (exact) mass is 167 g/mol. The molecule has 0 aromatic rings. The van der Waals surface area contributed by atoms with Gasteiger partial charge in [-0.05, 0) is 19.8 Å². The summed E-state index contributed by atoms with van der Waals surface area (Å²) < 4.78 is 0. The average Bonchev–Trinajstić information content (AvgIpc) is 1.82. The maximum Gasteiger partial charge on any atom is 0.224 e. The van der Waals surface area contributed by atoms with Crippen LogP contribution in [0.5, 0.6) is 0 Å². The van der Waals surface area contributed by atoms with Gasteiger partial charge in [0.05, 0.1) is 0 Å². The third kappa shape index (κ3) is 1.55. The van der Waals surface area contributed by atoms with Gasteiger partial charge in [-0.3, -0.25) is 9.59 Å². The summed E-state index contributed by atoms with van der Waals surface area (Å²) in [5.41, 5.74) is 1.47. The fourth-order valence-corrected chi connectivity index (χ4v) is 1.69. The Morgan fingerprint density at radius 1 is 1.58 bits per heavy atom. The van der Waals surface area contributed by atoms with E-state index in [4.69, 9.17) is 0 Å². The molecule has 0 aliphatic carbocycles. The molecule has 1 N–H and O–H groups in total. The Morgan fingerprint density at radius 2 is 2.17 bits per heavy atom. The fraction of sp³-hybridized carbons (Fsp3) is 0.556. The number of nitrogens with one attached hydrogen (secondary N) is 1. The van der Waals surface area contributed by atoms with Crippen LogP contribution < -0.4 is 5.32 Å². The zero-order valence-corrected chi connectivity index (χ0v) is 7.60. The highest BCUT2D eigenvalue weighted by molar-refractivity contribution is 5.97. The smallest absolute Gasteiger partial charge is 0.224 e. The molecular formula is C9H13NO2. The van der Waals surface area contributed by atoms with Crippen LogP contribution in [0.1, 0.15) is 27.2 Å². The molecule has 3 nitrogen and oxygen atoms in total. The number of hydrogen-bond acceptors (Lipinski definition) is 2. The van der Waals surface area contributed by atoms with E-state index in [1.807, 2.05) is 6.92 Å². The summed E-state index contributed by atoms with van der Waals surface area (Å²) in [6.07, 6.45) is 0.423. The lowest BCUT2D eigenvalue weighted by Gasteiger charge is -2.22. The van der Waals surface area contributed by atoms with Crippen molar-refractivity contribution in [2.75, 3.05) is 0 Å². The Labute approximate surface area is 71.8 Å². The summed E-state index contributed by atoms with van der Waals surface area (Å²) >= 11 is 0. The Kier molecular flexibility index (Phi) is 2.31. The van der Waals surface area contributed by atoms with Crippen molar-refractivity contribution < 1.29 is 9.59 Å². The number of amides is 1. The van der Waals surface area contributed by atoms with Crippen LogP contribution in [0.4, 0.5) is 0 Å². The van der Waals surface area contributed by atoms with Crippen molar-refractivity contribution >= 4 is 11.7 Å². The molecule has 1 unspecified atom stereocenters. The van der Waals surface area contributed by atoms with Crippen LogP contribution in [0.3, 0.4) is 0 Å². The molecule has 0 saturated heterocycles. The molecule has 1 aliphatic rings. The minimum atomic E-state index is 0.00463. The summed E-state index contributed by atoms with van der Waals surface area (Å²) in [5.74, 6) is 0.126. The first kappa shape index (κ1) is 8.97. The topological polar surface area (TPSA) is 46.2 Å². The van der Waals surface area contributed by atoms with Gasteiger partial charge >= 0.3 is 0 Å². The normalized spacial score (nSPS) is 23.9. The first-order chi connectivity index (χ1) is 5.52. The Balaban J connectivity index is 3.01. The van der Waals surface area contributed by atoms with E-state index in [2.05, 4.69) is 5.32 Å². The van der Waals surface area contributed by atoms with Crippen molar-refractivity contribution in [1.82, 2.24) is 5.32 Å². The molecule has 1 rings (SSSR count). The standard InChI is InChI=1S/C9H13NO2/c1-5-4-8(12)10-6(2)9(5)7(3)11/h5H,4H2,1-3H3,(H,10,12). The SMILES string of the molecule is CC(=O)C1=C(C)NC(=O)CC1C. The molecule has 0 radical (unpaired) electrons. The van der Waals surface area contributed by atoms with Crippen molar-refractivity contribution in [1.29, 1.82) is 0 Å². The first-order valence-electron chi connectivity index (χ1n) is 4.04. The molecule has 1 aliphatic heterocycles. The molecule has 0 aromatic heterocycles. The third-order valence-corrected chi connectivity index (χ3v) is 2.09. The number of carbonyl (C=O) groups excluding carboxylic acids is 2. The van der Waals surface area contributed by atoms with Crippen molar-refractivity contribution in [2.24, 2.45) is 5.92 Å². The zero-order valence-electron chi connectivity index (χ0n) is 7.60. The predicted molar refractivity (Wildman–Crippen MR) is 45.3 cm³/mol. The minimum Gasteiger partial charge on any atom is -0.330 e. The quantitative estimate of drug-likeness (QED) is 0.633. The van der Waals surface area contributed by atoms with E-state index in [1.54, 1.807) is 6.92 Å². The molecule has 12 heavy (non-hydrogen) atoms. The lowest BCUT2D eigenvalue weighted by Crippen LogP contribution is -2.32. The summed E-state index contributed by atoms with van der Waals surface area (Å²) in [7, 11) is 0. The van der Waals surface area contributed by atoms with Crippen molar-refractivity contribution in [3.63, 3.8) is 0 Å². The molecule has 1 heterocycles. The highest BCUT2D eigenvalue weighted by Crippen LogP contribution is 2.22. The fourth-order valence-electron chi connectivity index (χ4n) is 1.69. The van der Waals surface area contributed by atoms with Crippen LogP contribution in [-0.2, 0) is 9.59 Å². The molecule has 0 fully saturated rings. The summed E-state index contributed by atoms with van der Waals surface area (Å²) in [6, 6.07) is 0. The number of ketones is 1.